The molecule has 0 aromatic heterocycles. The van der Waals surface area contributed by atoms with Gasteiger partial charge in [0.25, 0.3) is 5.91 Å². The molecular weight excluding hydrogens is 495 g/mol. The van der Waals surface area contributed by atoms with Gasteiger partial charge in [0, 0.05) is 0 Å². The van der Waals surface area contributed by atoms with E-state index in [1.165, 1.54) is 6.08 Å². The third-order valence-electron chi connectivity index (χ3n) is 5.41. The van der Waals surface area contributed by atoms with Crippen LogP contribution >= 0.6 is 23.2 Å². The summed E-state index contributed by atoms with van der Waals surface area (Å²) in [6, 6.07) is 26.3. The number of fused-ring (bicyclic) bond motifs is 1. The van der Waals surface area contributed by atoms with Gasteiger partial charge < -0.3 is 14.8 Å². The smallest absolute Gasteiger partial charge is 0.266 e. The van der Waals surface area contributed by atoms with Crippen molar-refractivity contribution in [2.45, 2.75) is 13.5 Å². The summed E-state index contributed by atoms with van der Waals surface area (Å²) in [6.07, 6.45) is 1.47. The van der Waals surface area contributed by atoms with E-state index in [9.17, 15) is 10.1 Å². The minimum Gasteiger partial charge on any atom is -0.490 e. The summed E-state index contributed by atoms with van der Waals surface area (Å²) >= 11 is 12.3. The summed E-state index contributed by atoms with van der Waals surface area (Å²) in [6.45, 7) is 2.66. The van der Waals surface area contributed by atoms with Gasteiger partial charge in [0.05, 0.1) is 22.3 Å². The Morgan fingerprint density at radius 2 is 1.67 bits per heavy atom. The van der Waals surface area contributed by atoms with E-state index in [4.69, 9.17) is 32.7 Å². The van der Waals surface area contributed by atoms with Crippen LogP contribution in [0, 0.1) is 11.3 Å². The molecule has 0 saturated heterocycles. The summed E-state index contributed by atoms with van der Waals surface area (Å²) in [5.74, 6) is 0.452. The van der Waals surface area contributed by atoms with Gasteiger partial charge in [-0.3, -0.25) is 4.79 Å². The molecule has 0 aliphatic carbocycles. The molecule has 0 aliphatic rings. The first-order valence-electron chi connectivity index (χ1n) is 11.2. The number of nitriles is 1. The number of amides is 1. The standard InChI is InChI=1S/C29H22Cl2N2O3/c1-2-35-27-16-19(15-22(17-32)29(34)33-28-24(30)11-6-12-25(28)31)13-14-26(27)36-18-21-9-5-8-20-7-3-4-10-23(20)21/h3-16H,2,18H2,1H3,(H,33,34)/b22-15+. The van der Waals surface area contributed by atoms with Crippen LogP contribution in [0.3, 0.4) is 0 Å². The van der Waals surface area contributed by atoms with Crippen LogP contribution in [0.5, 0.6) is 11.5 Å². The Hall–Kier alpha value is -3.98. The fraction of sp³-hybridized carbons (Fsp3) is 0.103. The van der Waals surface area contributed by atoms with Crippen LogP contribution in [-0.2, 0) is 11.4 Å². The number of carbonyl (C=O) groups excluding carboxylic acids is 1. The van der Waals surface area contributed by atoms with Gasteiger partial charge in [-0.15, -0.1) is 0 Å². The summed E-state index contributed by atoms with van der Waals surface area (Å²) in [7, 11) is 0. The molecule has 0 saturated carbocycles. The normalized spacial score (nSPS) is 11.1. The Kier molecular flexibility index (Phi) is 8.12. The Balaban J connectivity index is 1.56. The van der Waals surface area contributed by atoms with E-state index < -0.39 is 5.91 Å². The number of nitrogens with one attached hydrogen (secondary N) is 1. The fourth-order valence-corrected chi connectivity index (χ4v) is 4.18. The molecule has 0 atom stereocenters. The molecule has 0 fully saturated rings. The second-order valence-electron chi connectivity index (χ2n) is 7.79. The molecule has 0 radical (unpaired) electrons. The number of nitrogens with zero attached hydrogens (tertiary/aromatic N) is 1. The van der Waals surface area contributed by atoms with Crippen molar-refractivity contribution >= 4 is 51.6 Å². The highest BCUT2D eigenvalue weighted by Gasteiger charge is 2.15. The lowest BCUT2D eigenvalue weighted by atomic mass is 10.1. The highest BCUT2D eigenvalue weighted by Crippen LogP contribution is 2.32. The Morgan fingerprint density at radius 1 is 0.944 bits per heavy atom. The van der Waals surface area contributed by atoms with Gasteiger partial charge in [-0.1, -0.05) is 77.8 Å². The Labute approximate surface area is 219 Å². The molecule has 4 rings (SSSR count). The summed E-state index contributed by atoms with van der Waals surface area (Å²) in [5, 5.41) is 15.0. The average molecular weight is 517 g/mol. The monoisotopic (exact) mass is 516 g/mol. The van der Waals surface area contributed by atoms with E-state index >= 15 is 0 Å². The van der Waals surface area contributed by atoms with Crippen LogP contribution in [0.25, 0.3) is 16.8 Å². The summed E-state index contributed by atoms with van der Waals surface area (Å²) in [5.41, 5.74) is 1.80. The summed E-state index contributed by atoms with van der Waals surface area (Å²) in [4.78, 5) is 12.7. The lowest BCUT2D eigenvalue weighted by molar-refractivity contribution is -0.112. The number of para-hydroxylation sites is 1. The zero-order valence-electron chi connectivity index (χ0n) is 19.4. The first-order valence-corrected chi connectivity index (χ1v) is 12.0. The van der Waals surface area contributed by atoms with Gasteiger partial charge in [0.2, 0.25) is 0 Å². The van der Waals surface area contributed by atoms with Crippen LogP contribution < -0.4 is 14.8 Å². The lowest BCUT2D eigenvalue weighted by Gasteiger charge is -2.14. The van der Waals surface area contributed by atoms with Crippen molar-refractivity contribution in [2.75, 3.05) is 11.9 Å². The molecule has 1 N–H and O–H groups in total. The molecule has 4 aromatic rings. The van der Waals surface area contributed by atoms with Crippen LogP contribution in [0.4, 0.5) is 5.69 Å². The molecule has 4 aromatic carbocycles. The molecule has 7 heteroatoms. The number of halogens is 2. The number of ether oxygens (including phenoxy) is 2. The van der Waals surface area contributed by atoms with Crippen LogP contribution in [0.15, 0.2) is 84.4 Å². The molecule has 0 bridgehead atoms. The lowest BCUT2D eigenvalue weighted by Crippen LogP contribution is -2.14. The van der Waals surface area contributed by atoms with Crippen molar-refractivity contribution in [3.63, 3.8) is 0 Å². The number of hydrogen-bond donors (Lipinski definition) is 1. The number of carbonyl (C=O) groups is 1. The first-order chi connectivity index (χ1) is 17.5. The molecule has 180 valence electrons. The van der Waals surface area contributed by atoms with E-state index in [2.05, 4.69) is 23.5 Å². The minimum atomic E-state index is -0.623. The largest absolute Gasteiger partial charge is 0.490 e. The van der Waals surface area contributed by atoms with Crippen molar-refractivity contribution in [3.05, 3.63) is 106 Å². The SMILES string of the molecule is CCOc1cc(/C=C(\C#N)C(=O)Nc2c(Cl)cccc2Cl)ccc1OCc1cccc2ccccc12. The molecule has 36 heavy (non-hydrogen) atoms. The molecule has 5 nitrogen and oxygen atoms in total. The third kappa shape index (κ3) is 5.80. The Bertz CT molecular complexity index is 1470. The third-order valence-corrected chi connectivity index (χ3v) is 6.04. The van der Waals surface area contributed by atoms with Gasteiger partial charge in [0.1, 0.15) is 18.2 Å². The minimum absolute atomic E-state index is 0.113. The zero-order valence-corrected chi connectivity index (χ0v) is 20.9. The molecule has 0 aliphatic heterocycles. The van der Waals surface area contributed by atoms with Crippen LogP contribution in [0.2, 0.25) is 10.0 Å². The van der Waals surface area contributed by atoms with Gasteiger partial charge in [-0.2, -0.15) is 5.26 Å². The maximum atomic E-state index is 12.7. The van der Waals surface area contributed by atoms with E-state index in [-0.39, 0.29) is 21.3 Å². The van der Waals surface area contributed by atoms with Gasteiger partial charge >= 0.3 is 0 Å². The quantitative estimate of drug-likeness (QED) is 0.192. The first kappa shape index (κ1) is 25.1. The predicted octanol–water partition coefficient (Wildman–Crippen LogP) is 7.67. The second kappa shape index (κ2) is 11.6. The summed E-state index contributed by atoms with van der Waals surface area (Å²) < 4.78 is 11.9. The molecule has 0 spiro atoms. The van der Waals surface area contributed by atoms with Crippen molar-refractivity contribution in [3.8, 4) is 17.6 Å². The predicted molar refractivity (Wildman–Crippen MR) is 145 cm³/mol. The zero-order chi connectivity index (χ0) is 25.5. The van der Waals surface area contributed by atoms with E-state index in [0.717, 1.165) is 16.3 Å². The molecule has 1 amide bonds. The van der Waals surface area contributed by atoms with E-state index in [0.29, 0.717) is 30.3 Å². The van der Waals surface area contributed by atoms with Gasteiger partial charge in [0.15, 0.2) is 11.5 Å². The molecule has 0 heterocycles. The second-order valence-corrected chi connectivity index (χ2v) is 8.60. The van der Waals surface area contributed by atoms with Gasteiger partial charge in [-0.25, -0.2) is 0 Å². The van der Waals surface area contributed by atoms with Crippen molar-refractivity contribution < 1.29 is 14.3 Å². The maximum absolute atomic E-state index is 12.7. The van der Waals surface area contributed by atoms with Crippen LogP contribution in [-0.4, -0.2) is 12.5 Å². The highest BCUT2D eigenvalue weighted by molar-refractivity contribution is 6.40. The maximum Gasteiger partial charge on any atom is 0.266 e. The average Bonchev–Trinajstić information content (AvgIpc) is 2.89. The number of hydrogen-bond acceptors (Lipinski definition) is 4. The van der Waals surface area contributed by atoms with E-state index in [1.54, 1.807) is 36.4 Å². The topological polar surface area (TPSA) is 71.3 Å². The van der Waals surface area contributed by atoms with Crippen molar-refractivity contribution in [2.24, 2.45) is 0 Å². The van der Waals surface area contributed by atoms with Crippen molar-refractivity contribution in [1.29, 1.82) is 5.26 Å². The number of rotatable bonds is 8. The highest BCUT2D eigenvalue weighted by atomic mass is 35.5. The number of anilines is 1. The van der Waals surface area contributed by atoms with E-state index in [1.807, 2.05) is 37.3 Å². The van der Waals surface area contributed by atoms with Crippen LogP contribution in [0.1, 0.15) is 18.1 Å². The number of benzene rings is 4. The molecular formula is C29H22Cl2N2O3. The van der Waals surface area contributed by atoms with Crippen molar-refractivity contribution in [1.82, 2.24) is 0 Å². The fourth-order valence-electron chi connectivity index (χ4n) is 3.69. The Morgan fingerprint density at radius 3 is 2.42 bits per heavy atom. The van der Waals surface area contributed by atoms with Gasteiger partial charge in [-0.05, 0) is 59.2 Å². The molecule has 0 unspecified atom stereocenters.